The van der Waals surface area contributed by atoms with Gasteiger partial charge in [0.05, 0.1) is 24.6 Å². The second-order valence-corrected chi connectivity index (χ2v) is 9.15. The molecule has 1 aliphatic rings. The minimum atomic E-state index is -3.82. The van der Waals surface area contributed by atoms with Crippen LogP contribution < -0.4 is 10.0 Å². The van der Waals surface area contributed by atoms with Crippen LogP contribution in [0.25, 0.3) is 0 Å². The summed E-state index contributed by atoms with van der Waals surface area (Å²) in [6.07, 6.45) is 0.529. The fourth-order valence-corrected chi connectivity index (χ4v) is 4.39. The zero-order chi connectivity index (χ0) is 22.6. The van der Waals surface area contributed by atoms with Crippen molar-refractivity contribution in [3.63, 3.8) is 0 Å². The number of benzene rings is 2. The molecule has 0 spiro atoms. The van der Waals surface area contributed by atoms with Gasteiger partial charge in [-0.3, -0.25) is 14.5 Å². The summed E-state index contributed by atoms with van der Waals surface area (Å²) < 4.78 is 28.4. The number of anilines is 1. The Hall–Kier alpha value is -2.75. The molecule has 31 heavy (non-hydrogen) atoms. The maximum absolute atomic E-state index is 13.2. The van der Waals surface area contributed by atoms with Gasteiger partial charge in [-0.15, -0.1) is 0 Å². The van der Waals surface area contributed by atoms with E-state index < -0.39 is 10.0 Å². The normalized spacial score (nSPS) is 15.7. The molecule has 1 heterocycles. The van der Waals surface area contributed by atoms with Crippen molar-refractivity contribution < 1.29 is 22.7 Å². The fraction of sp³-hybridized carbons (Fsp3) is 0.364. The first-order valence-electron chi connectivity index (χ1n) is 10.1. The van der Waals surface area contributed by atoms with Crippen LogP contribution in [-0.4, -0.2) is 50.9 Å². The highest BCUT2D eigenvalue weighted by Gasteiger charge is 2.32. The lowest BCUT2D eigenvalue weighted by molar-refractivity contribution is -0.144. The monoisotopic (exact) mass is 445 g/mol. The smallest absolute Gasteiger partial charge is 0.320 e. The summed E-state index contributed by atoms with van der Waals surface area (Å²) in [6, 6.07) is 14.0. The van der Waals surface area contributed by atoms with Gasteiger partial charge in [-0.25, -0.2) is 13.6 Å². The van der Waals surface area contributed by atoms with E-state index in [2.05, 4.69) is 0 Å². The van der Waals surface area contributed by atoms with Gasteiger partial charge in [0.2, 0.25) is 15.9 Å². The average molecular weight is 446 g/mol. The summed E-state index contributed by atoms with van der Waals surface area (Å²) >= 11 is 0. The van der Waals surface area contributed by atoms with E-state index in [4.69, 9.17) is 9.88 Å². The molecule has 0 aromatic heterocycles. The molecule has 9 heteroatoms. The molecular formula is C22H27N3O5S. The van der Waals surface area contributed by atoms with Crippen molar-refractivity contribution >= 4 is 27.6 Å². The maximum Gasteiger partial charge on any atom is 0.320 e. The molecule has 0 bridgehead atoms. The van der Waals surface area contributed by atoms with E-state index in [9.17, 15) is 18.0 Å². The number of sulfonamides is 1. The zero-order valence-electron chi connectivity index (χ0n) is 17.7. The van der Waals surface area contributed by atoms with Crippen molar-refractivity contribution in [1.82, 2.24) is 4.90 Å². The van der Waals surface area contributed by atoms with E-state index in [1.807, 2.05) is 37.3 Å². The molecule has 0 saturated carbocycles. The van der Waals surface area contributed by atoms with Gasteiger partial charge in [0.15, 0.2) is 0 Å². The average Bonchev–Trinajstić information content (AvgIpc) is 3.03. The van der Waals surface area contributed by atoms with Crippen molar-refractivity contribution in [2.24, 2.45) is 5.14 Å². The Morgan fingerprint density at radius 2 is 1.87 bits per heavy atom. The Morgan fingerprint density at radius 1 is 1.16 bits per heavy atom. The lowest BCUT2D eigenvalue weighted by atomic mass is 10.1. The molecule has 0 radical (unpaired) electrons. The fourth-order valence-electron chi connectivity index (χ4n) is 3.83. The summed E-state index contributed by atoms with van der Waals surface area (Å²) in [7, 11) is -3.82. The third kappa shape index (κ3) is 5.69. The van der Waals surface area contributed by atoms with Crippen molar-refractivity contribution in [2.75, 3.05) is 24.6 Å². The van der Waals surface area contributed by atoms with Crippen LogP contribution in [0.4, 0.5) is 5.69 Å². The van der Waals surface area contributed by atoms with Gasteiger partial charge in [0, 0.05) is 18.3 Å². The van der Waals surface area contributed by atoms with Gasteiger partial charge in [0.1, 0.15) is 0 Å². The predicted octanol–water partition coefficient (Wildman–Crippen LogP) is 1.68. The third-order valence-electron chi connectivity index (χ3n) is 5.13. The van der Waals surface area contributed by atoms with E-state index in [-0.39, 0.29) is 42.5 Å². The molecule has 0 fully saturated rings. The van der Waals surface area contributed by atoms with Crippen molar-refractivity contribution in [3.8, 4) is 0 Å². The Bertz CT molecular complexity index is 1060. The second kappa shape index (κ2) is 9.59. The minimum absolute atomic E-state index is 0.00604. The molecule has 2 aromatic rings. The molecule has 166 valence electrons. The SMILES string of the molecule is CCOC(=O)CN(CC(=O)N1c2ccc(S(N)(=O)=O)cc2CC1C)Cc1ccccc1. The highest BCUT2D eigenvalue weighted by atomic mass is 32.2. The minimum Gasteiger partial charge on any atom is -0.465 e. The molecule has 1 unspecified atom stereocenters. The summed E-state index contributed by atoms with van der Waals surface area (Å²) in [5.41, 5.74) is 2.40. The molecule has 2 N–H and O–H groups in total. The zero-order valence-corrected chi connectivity index (χ0v) is 18.5. The number of carbonyl (C=O) groups is 2. The van der Waals surface area contributed by atoms with Gasteiger partial charge in [0.25, 0.3) is 0 Å². The van der Waals surface area contributed by atoms with Crippen molar-refractivity contribution in [3.05, 3.63) is 59.7 Å². The first kappa shape index (κ1) is 22.9. The number of primary sulfonamides is 1. The quantitative estimate of drug-likeness (QED) is 0.619. The van der Waals surface area contributed by atoms with Crippen LogP contribution in [0, 0.1) is 0 Å². The number of amides is 1. The summed E-state index contributed by atoms with van der Waals surface area (Å²) in [4.78, 5) is 28.7. The Kier molecular flexibility index (Phi) is 7.09. The van der Waals surface area contributed by atoms with Crippen LogP contribution in [0.3, 0.4) is 0 Å². The van der Waals surface area contributed by atoms with E-state index in [1.165, 1.54) is 12.1 Å². The van der Waals surface area contributed by atoms with Gasteiger partial charge < -0.3 is 9.64 Å². The van der Waals surface area contributed by atoms with Crippen LogP contribution >= 0.6 is 0 Å². The number of rotatable bonds is 8. The number of ether oxygens (including phenoxy) is 1. The number of hydrogen-bond acceptors (Lipinski definition) is 6. The first-order chi connectivity index (χ1) is 14.7. The summed E-state index contributed by atoms with van der Waals surface area (Å²) in [5.74, 6) is -0.561. The molecule has 2 aromatic carbocycles. The van der Waals surface area contributed by atoms with Gasteiger partial charge in [-0.05, 0) is 49.6 Å². The number of nitrogens with two attached hydrogens (primary N) is 1. The number of carbonyl (C=O) groups excluding carboxylic acids is 2. The summed E-state index contributed by atoms with van der Waals surface area (Å²) in [6.45, 7) is 4.35. The molecule has 1 amide bonds. The lowest BCUT2D eigenvalue weighted by Crippen LogP contribution is -2.44. The predicted molar refractivity (Wildman–Crippen MR) is 117 cm³/mol. The Labute approximate surface area is 182 Å². The second-order valence-electron chi connectivity index (χ2n) is 7.59. The topological polar surface area (TPSA) is 110 Å². The molecule has 1 aliphatic heterocycles. The van der Waals surface area contributed by atoms with E-state index >= 15 is 0 Å². The molecule has 3 rings (SSSR count). The van der Waals surface area contributed by atoms with Crippen LogP contribution in [0.2, 0.25) is 0 Å². The molecule has 0 saturated heterocycles. The number of fused-ring (bicyclic) bond motifs is 1. The largest absolute Gasteiger partial charge is 0.465 e. The number of esters is 1. The van der Waals surface area contributed by atoms with Crippen molar-refractivity contribution in [2.45, 2.75) is 37.8 Å². The third-order valence-corrected chi connectivity index (χ3v) is 6.04. The Balaban J connectivity index is 1.80. The maximum atomic E-state index is 13.2. The highest BCUT2D eigenvalue weighted by Crippen LogP contribution is 2.33. The van der Waals surface area contributed by atoms with E-state index in [0.29, 0.717) is 18.7 Å². The Morgan fingerprint density at radius 3 is 2.52 bits per heavy atom. The van der Waals surface area contributed by atoms with Crippen LogP contribution in [-0.2, 0) is 37.3 Å². The van der Waals surface area contributed by atoms with E-state index in [0.717, 1.165) is 11.1 Å². The molecule has 0 aliphatic carbocycles. The van der Waals surface area contributed by atoms with Crippen molar-refractivity contribution in [1.29, 1.82) is 0 Å². The van der Waals surface area contributed by atoms with Gasteiger partial charge in [-0.2, -0.15) is 0 Å². The molecule has 1 atom stereocenters. The van der Waals surface area contributed by atoms with E-state index in [1.54, 1.807) is 22.8 Å². The molecule has 8 nitrogen and oxygen atoms in total. The number of nitrogens with zero attached hydrogens (tertiary/aromatic N) is 2. The van der Waals surface area contributed by atoms with Gasteiger partial charge >= 0.3 is 5.97 Å². The lowest BCUT2D eigenvalue weighted by Gasteiger charge is -2.27. The van der Waals surface area contributed by atoms with Crippen LogP contribution in [0.1, 0.15) is 25.0 Å². The van der Waals surface area contributed by atoms with Crippen LogP contribution in [0.5, 0.6) is 0 Å². The number of hydrogen-bond donors (Lipinski definition) is 1. The molecular weight excluding hydrogens is 418 g/mol. The highest BCUT2D eigenvalue weighted by molar-refractivity contribution is 7.89. The summed E-state index contributed by atoms with van der Waals surface area (Å²) in [5, 5.41) is 5.23. The van der Waals surface area contributed by atoms with Gasteiger partial charge in [-0.1, -0.05) is 30.3 Å². The first-order valence-corrected chi connectivity index (χ1v) is 11.6. The standard InChI is InChI=1S/C22H27N3O5S/c1-3-30-22(27)15-24(13-17-7-5-4-6-8-17)14-21(26)25-16(2)11-18-12-19(31(23,28)29)9-10-20(18)25/h4-10,12,16H,3,11,13-15H2,1-2H3,(H2,23,28,29). The van der Waals surface area contributed by atoms with Crippen LogP contribution in [0.15, 0.2) is 53.4 Å².